The Bertz CT molecular complexity index is 1620. The summed E-state index contributed by atoms with van der Waals surface area (Å²) in [6.07, 6.45) is 4.56. The SMILES string of the molecule is C=CC(=C)NCCCN1C(=O)C2CN(Cc3c2c2cc(OC)ccc2n3Cc2ccc(C(=O)NOC3CCCCO3)cc2)C1=O. The molecular weight excluding hydrogens is 574 g/mol. The van der Waals surface area contributed by atoms with Gasteiger partial charge in [0.2, 0.25) is 5.91 Å². The molecule has 2 N–H and O–H groups in total. The lowest BCUT2D eigenvalue weighted by Crippen LogP contribution is -2.58. The number of hydrogen-bond acceptors (Lipinski definition) is 7. The molecule has 2 fully saturated rings. The van der Waals surface area contributed by atoms with Gasteiger partial charge in [-0.25, -0.2) is 15.1 Å². The minimum Gasteiger partial charge on any atom is -0.497 e. The van der Waals surface area contributed by atoms with E-state index in [9.17, 15) is 14.4 Å². The lowest BCUT2D eigenvalue weighted by atomic mass is 9.88. The first kappa shape index (κ1) is 30.4. The molecule has 11 heteroatoms. The number of hydroxylamine groups is 1. The second kappa shape index (κ2) is 13.2. The quantitative estimate of drug-likeness (QED) is 0.177. The number of fused-ring (bicyclic) bond motifs is 6. The Morgan fingerprint density at radius 3 is 2.71 bits per heavy atom. The molecule has 236 valence electrons. The fraction of sp³-hybridized carbons (Fsp3) is 0.382. The van der Waals surface area contributed by atoms with E-state index in [2.05, 4.69) is 28.5 Å². The van der Waals surface area contributed by atoms with Crippen molar-refractivity contribution in [1.29, 1.82) is 0 Å². The summed E-state index contributed by atoms with van der Waals surface area (Å²) < 4.78 is 13.2. The number of benzene rings is 2. The number of carbonyl (C=O) groups is 3. The van der Waals surface area contributed by atoms with E-state index >= 15 is 0 Å². The number of methoxy groups -OCH3 is 1. The van der Waals surface area contributed by atoms with Crippen LogP contribution in [-0.4, -0.2) is 71.9 Å². The minimum absolute atomic E-state index is 0.183. The molecule has 3 aliphatic rings. The van der Waals surface area contributed by atoms with Gasteiger partial charge in [0.25, 0.3) is 5.91 Å². The molecule has 11 nitrogen and oxygen atoms in total. The van der Waals surface area contributed by atoms with Gasteiger partial charge in [-0.05, 0) is 66.8 Å². The van der Waals surface area contributed by atoms with Gasteiger partial charge in [-0.1, -0.05) is 25.3 Å². The second-order valence-corrected chi connectivity index (χ2v) is 11.6. The maximum atomic E-state index is 13.8. The zero-order valence-electron chi connectivity index (χ0n) is 25.5. The number of imide groups is 1. The van der Waals surface area contributed by atoms with E-state index in [4.69, 9.17) is 14.3 Å². The molecule has 0 aliphatic carbocycles. The van der Waals surface area contributed by atoms with Crippen molar-refractivity contribution >= 4 is 28.7 Å². The topological polar surface area (TPSA) is 114 Å². The van der Waals surface area contributed by atoms with E-state index in [1.54, 1.807) is 30.2 Å². The average molecular weight is 614 g/mol. The standard InChI is InChI=1S/C34H39N5O6/c1-4-22(2)35-15-7-16-38-33(41)27-20-37(34(38)42)21-29-31(27)26-18-25(43-3)13-14-28(26)39(29)19-23-9-11-24(12-10-23)32(40)36-45-30-8-5-6-17-44-30/h4,9-14,18,27,30,35H,1-2,5-8,15-17,19-21H2,3H3,(H,36,40). The molecule has 3 aromatic rings. The van der Waals surface area contributed by atoms with Gasteiger partial charge in [0.15, 0.2) is 6.29 Å². The van der Waals surface area contributed by atoms with Crippen molar-refractivity contribution in [2.75, 3.05) is 33.4 Å². The van der Waals surface area contributed by atoms with Crippen molar-refractivity contribution < 1.29 is 28.7 Å². The Labute approximate surface area is 262 Å². The van der Waals surface area contributed by atoms with Gasteiger partial charge in [0.1, 0.15) is 5.75 Å². The minimum atomic E-state index is -0.474. The van der Waals surface area contributed by atoms with Gasteiger partial charge in [0, 0.05) is 67.1 Å². The number of hydrogen-bond donors (Lipinski definition) is 2. The van der Waals surface area contributed by atoms with Crippen LogP contribution in [-0.2, 0) is 27.5 Å². The number of ether oxygens (including phenoxy) is 2. The Morgan fingerprint density at radius 1 is 1.16 bits per heavy atom. The van der Waals surface area contributed by atoms with Crippen LogP contribution >= 0.6 is 0 Å². The molecule has 0 radical (unpaired) electrons. The third-order valence-corrected chi connectivity index (χ3v) is 8.71. The Morgan fingerprint density at radius 2 is 1.98 bits per heavy atom. The smallest absolute Gasteiger partial charge is 0.327 e. The van der Waals surface area contributed by atoms with Crippen LogP contribution in [0.5, 0.6) is 5.75 Å². The lowest BCUT2D eigenvalue weighted by Gasteiger charge is -2.42. The van der Waals surface area contributed by atoms with Crippen molar-refractivity contribution in [2.45, 2.75) is 51.0 Å². The Hall–Kier alpha value is -4.61. The van der Waals surface area contributed by atoms with E-state index in [0.29, 0.717) is 62.8 Å². The molecule has 1 aromatic heterocycles. The molecule has 4 amide bonds. The first-order chi connectivity index (χ1) is 21.9. The molecule has 4 heterocycles. The molecule has 2 atom stereocenters. The van der Waals surface area contributed by atoms with Crippen molar-refractivity contribution in [3.63, 3.8) is 0 Å². The maximum absolute atomic E-state index is 13.8. The zero-order valence-corrected chi connectivity index (χ0v) is 25.5. The van der Waals surface area contributed by atoms with Crippen LogP contribution in [0.15, 0.2) is 67.4 Å². The molecular formula is C34H39N5O6. The van der Waals surface area contributed by atoms with Gasteiger partial charge >= 0.3 is 6.03 Å². The van der Waals surface area contributed by atoms with Crippen LogP contribution < -0.4 is 15.5 Å². The fourth-order valence-corrected chi connectivity index (χ4v) is 6.33. The van der Waals surface area contributed by atoms with Crippen molar-refractivity contribution in [3.8, 4) is 5.75 Å². The first-order valence-corrected chi connectivity index (χ1v) is 15.4. The van der Waals surface area contributed by atoms with E-state index in [0.717, 1.165) is 47.0 Å². The summed E-state index contributed by atoms with van der Waals surface area (Å²) in [4.78, 5) is 48.6. The molecule has 2 saturated heterocycles. The molecule has 3 aliphatic heterocycles. The number of amides is 4. The Balaban J connectivity index is 1.24. The van der Waals surface area contributed by atoms with E-state index < -0.39 is 12.2 Å². The van der Waals surface area contributed by atoms with E-state index in [-0.39, 0.29) is 17.8 Å². The monoisotopic (exact) mass is 613 g/mol. The highest BCUT2D eigenvalue weighted by Gasteiger charge is 2.45. The largest absolute Gasteiger partial charge is 0.497 e. The number of aromatic nitrogens is 1. The van der Waals surface area contributed by atoms with E-state index in [1.807, 2.05) is 30.3 Å². The summed E-state index contributed by atoms with van der Waals surface area (Å²) >= 11 is 0. The molecule has 0 saturated carbocycles. The van der Waals surface area contributed by atoms with Crippen LogP contribution in [0.2, 0.25) is 0 Å². The molecule has 2 unspecified atom stereocenters. The molecule has 0 spiro atoms. The van der Waals surface area contributed by atoms with Crippen molar-refractivity contribution in [1.82, 2.24) is 25.2 Å². The van der Waals surface area contributed by atoms with Gasteiger partial charge in [-0.3, -0.25) is 14.5 Å². The van der Waals surface area contributed by atoms with Gasteiger partial charge in [-0.2, -0.15) is 0 Å². The van der Waals surface area contributed by atoms with Crippen LogP contribution in [0, 0.1) is 0 Å². The van der Waals surface area contributed by atoms with Gasteiger partial charge in [-0.15, -0.1) is 0 Å². The summed E-state index contributed by atoms with van der Waals surface area (Å²) in [6, 6.07) is 13.0. The molecule has 6 rings (SSSR count). The summed E-state index contributed by atoms with van der Waals surface area (Å²) in [5.41, 5.74) is 7.48. The molecule has 45 heavy (non-hydrogen) atoms. The maximum Gasteiger partial charge on any atom is 0.327 e. The van der Waals surface area contributed by atoms with E-state index in [1.165, 1.54) is 4.90 Å². The Kier molecular flexibility index (Phi) is 8.90. The number of nitrogens with zero attached hydrogens (tertiary/aromatic N) is 3. The number of nitrogens with one attached hydrogen (secondary N) is 2. The predicted octanol–water partition coefficient (Wildman–Crippen LogP) is 4.43. The van der Waals surface area contributed by atoms with Crippen LogP contribution in [0.3, 0.4) is 0 Å². The summed E-state index contributed by atoms with van der Waals surface area (Å²) in [5, 5.41) is 4.08. The summed E-state index contributed by atoms with van der Waals surface area (Å²) in [5.74, 6) is -0.295. The normalized spacial score (nSPS) is 19.3. The number of carbonyl (C=O) groups excluding carboxylic acids is 3. The lowest BCUT2D eigenvalue weighted by molar-refractivity contribution is -0.186. The predicted molar refractivity (Wildman–Crippen MR) is 168 cm³/mol. The number of urea groups is 1. The van der Waals surface area contributed by atoms with Crippen molar-refractivity contribution in [3.05, 3.63) is 89.8 Å². The van der Waals surface area contributed by atoms with Crippen molar-refractivity contribution in [2.24, 2.45) is 0 Å². The highest BCUT2D eigenvalue weighted by atomic mass is 16.8. The summed E-state index contributed by atoms with van der Waals surface area (Å²) in [7, 11) is 1.62. The van der Waals surface area contributed by atoms with Crippen LogP contribution in [0.25, 0.3) is 10.9 Å². The average Bonchev–Trinajstić information content (AvgIpc) is 3.38. The highest BCUT2D eigenvalue weighted by Crippen LogP contribution is 2.42. The molecule has 2 aromatic carbocycles. The van der Waals surface area contributed by atoms with Gasteiger partial charge in [0.05, 0.1) is 19.6 Å². The first-order valence-electron chi connectivity index (χ1n) is 15.4. The zero-order chi connectivity index (χ0) is 31.5. The highest BCUT2D eigenvalue weighted by molar-refractivity contribution is 6.04. The third kappa shape index (κ3) is 6.18. The van der Waals surface area contributed by atoms with Crippen LogP contribution in [0.4, 0.5) is 4.79 Å². The number of rotatable bonds is 12. The second-order valence-electron chi connectivity index (χ2n) is 11.6. The molecule has 2 bridgehead atoms. The van der Waals surface area contributed by atoms with Crippen LogP contribution in [0.1, 0.15) is 58.8 Å². The number of allylic oxidation sites excluding steroid dienone is 1. The summed E-state index contributed by atoms with van der Waals surface area (Å²) in [6.45, 7) is 10.3. The van der Waals surface area contributed by atoms with Gasteiger partial charge < -0.3 is 24.3 Å². The fourth-order valence-electron chi connectivity index (χ4n) is 6.33. The third-order valence-electron chi connectivity index (χ3n) is 8.71.